The quantitative estimate of drug-likeness (QED) is 0.279. The van der Waals surface area contributed by atoms with E-state index >= 15 is 0 Å². The molecule has 8 N–H and O–H groups in total. The van der Waals surface area contributed by atoms with Gasteiger partial charge in [0.15, 0.2) is 11.2 Å². The Bertz CT molecular complexity index is 354. The van der Waals surface area contributed by atoms with E-state index in [2.05, 4.69) is 0 Å². The molecule has 90 valence electrons. The van der Waals surface area contributed by atoms with Gasteiger partial charge in [-0.15, -0.1) is 4.70 Å². The molecule has 1 rings (SSSR count). The molecule has 0 radical (unpaired) electrons. The Labute approximate surface area is 96.1 Å². The van der Waals surface area contributed by atoms with Crippen LogP contribution in [-0.4, -0.2) is 29.0 Å². The fourth-order valence-corrected chi connectivity index (χ4v) is 1.35. The molecule has 0 fully saturated rings. The third kappa shape index (κ3) is 2.56. The van der Waals surface area contributed by atoms with Crippen LogP contribution in [0.5, 0.6) is 0 Å². The predicted octanol–water partition coefficient (Wildman–Crippen LogP) is -0.857. The molecular formula is C10H22N6+2. The van der Waals surface area contributed by atoms with Crippen LogP contribution in [0, 0.1) is 0 Å². The van der Waals surface area contributed by atoms with Crippen molar-refractivity contribution >= 4 is 0 Å². The zero-order valence-corrected chi connectivity index (χ0v) is 10.1. The molecule has 0 aromatic carbocycles. The van der Waals surface area contributed by atoms with Gasteiger partial charge in [-0.3, -0.25) is 0 Å². The highest BCUT2D eigenvalue weighted by atomic mass is 15.8. The van der Waals surface area contributed by atoms with Crippen LogP contribution >= 0.6 is 0 Å². The largest absolute Gasteiger partial charge is 0.171 e. The number of nitrogens with zero attached hydrogens (tertiary/aromatic N) is 2. The van der Waals surface area contributed by atoms with Crippen molar-refractivity contribution in [3.05, 3.63) is 36.1 Å². The van der Waals surface area contributed by atoms with Crippen molar-refractivity contribution in [2.24, 2.45) is 23.4 Å². The standard InChI is InChI=1S/C10H22N6/c1-10(16(3,13)14)7-4-5-9(6-8-10)15(2,11)12/h4-8H,11-14H2,1-3H3/q+2. The maximum Gasteiger partial charge on any atom is 0.171 e. The summed E-state index contributed by atoms with van der Waals surface area (Å²) in [6.07, 6.45) is 9.38. The second-order valence-corrected chi connectivity index (χ2v) is 4.80. The van der Waals surface area contributed by atoms with Crippen molar-refractivity contribution < 1.29 is 9.40 Å². The summed E-state index contributed by atoms with van der Waals surface area (Å²) in [7, 11) is 3.41. The molecule has 0 saturated carbocycles. The van der Waals surface area contributed by atoms with E-state index in [1.807, 2.05) is 37.3 Å². The minimum atomic E-state index is -0.493. The second kappa shape index (κ2) is 3.77. The SMILES string of the molecule is CC1([N+](C)(N)N)C=CC=C([N+](C)(N)N)C=C1. The van der Waals surface area contributed by atoms with Gasteiger partial charge in [0.2, 0.25) is 0 Å². The zero-order chi connectivity index (χ0) is 12.6. The summed E-state index contributed by atoms with van der Waals surface area (Å²) in [4.78, 5) is 0. The lowest BCUT2D eigenvalue weighted by molar-refractivity contribution is -0.966. The maximum absolute atomic E-state index is 5.89. The van der Waals surface area contributed by atoms with E-state index in [9.17, 15) is 0 Å². The van der Waals surface area contributed by atoms with Gasteiger partial charge >= 0.3 is 0 Å². The van der Waals surface area contributed by atoms with E-state index in [0.717, 1.165) is 5.70 Å². The molecule has 0 aromatic rings. The lowest BCUT2D eigenvalue weighted by Crippen LogP contribution is -2.68. The van der Waals surface area contributed by atoms with Crippen LogP contribution in [0.2, 0.25) is 0 Å². The molecule has 1 atom stereocenters. The van der Waals surface area contributed by atoms with Gasteiger partial charge in [0, 0.05) is 19.1 Å². The monoisotopic (exact) mass is 226 g/mol. The highest BCUT2D eigenvalue weighted by Crippen LogP contribution is 2.22. The fourth-order valence-electron chi connectivity index (χ4n) is 1.35. The molecule has 0 aromatic heterocycles. The van der Waals surface area contributed by atoms with Crippen LogP contribution in [0.4, 0.5) is 0 Å². The summed E-state index contributed by atoms with van der Waals surface area (Å²) < 4.78 is -0.407. The molecule has 0 spiro atoms. The third-order valence-corrected chi connectivity index (χ3v) is 2.89. The zero-order valence-electron chi connectivity index (χ0n) is 10.1. The minimum absolute atomic E-state index is 0.181. The van der Waals surface area contributed by atoms with Crippen molar-refractivity contribution in [1.82, 2.24) is 0 Å². The Balaban J connectivity index is 3.08. The van der Waals surface area contributed by atoms with Crippen molar-refractivity contribution in [1.29, 1.82) is 0 Å². The number of allylic oxidation sites excluding steroid dienone is 3. The van der Waals surface area contributed by atoms with E-state index in [1.54, 1.807) is 14.1 Å². The first-order valence-electron chi connectivity index (χ1n) is 5.03. The molecule has 1 unspecified atom stereocenters. The average molecular weight is 226 g/mol. The van der Waals surface area contributed by atoms with E-state index in [4.69, 9.17) is 23.4 Å². The molecule has 0 amide bonds. The van der Waals surface area contributed by atoms with Crippen LogP contribution in [0.15, 0.2) is 36.1 Å². The first-order chi connectivity index (χ1) is 7.06. The summed E-state index contributed by atoms with van der Waals surface area (Å²) >= 11 is 0. The molecular weight excluding hydrogens is 204 g/mol. The smallest absolute Gasteiger partial charge is 0.167 e. The molecule has 1 aliphatic carbocycles. The third-order valence-electron chi connectivity index (χ3n) is 2.89. The van der Waals surface area contributed by atoms with Gasteiger partial charge in [0.05, 0.1) is 0 Å². The Kier molecular flexibility index (Phi) is 3.08. The van der Waals surface area contributed by atoms with Crippen LogP contribution in [0.3, 0.4) is 0 Å². The van der Waals surface area contributed by atoms with Crippen molar-refractivity contribution in [3.8, 4) is 0 Å². The van der Waals surface area contributed by atoms with Crippen molar-refractivity contribution in [2.75, 3.05) is 14.1 Å². The molecule has 16 heavy (non-hydrogen) atoms. The minimum Gasteiger partial charge on any atom is -0.167 e. The Morgan fingerprint density at radius 1 is 1.06 bits per heavy atom. The van der Waals surface area contributed by atoms with E-state index in [1.165, 1.54) is 0 Å². The summed E-state index contributed by atoms with van der Waals surface area (Å²) in [6.45, 7) is 1.94. The highest BCUT2D eigenvalue weighted by Gasteiger charge is 2.37. The van der Waals surface area contributed by atoms with E-state index in [0.29, 0.717) is 0 Å². The van der Waals surface area contributed by atoms with Gasteiger partial charge in [-0.2, -0.15) is 28.1 Å². The number of likely N-dealkylation sites (N-methyl/N-ethyl adjacent to an activating group) is 2. The molecule has 6 heteroatoms. The number of rotatable bonds is 2. The number of quaternary nitrogens is 2. The molecule has 6 nitrogen and oxygen atoms in total. The van der Waals surface area contributed by atoms with E-state index in [-0.39, 0.29) is 9.40 Å². The lowest BCUT2D eigenvalue weighted by Gasteiger charge is -2.36. The van der Waals surface area contributed by atoms with Gasteiger partial charge in [0.25, 0.3) is 0 Å². The van der Waals surface area contributed by atoms with Crippen LogP contribution < -0.4 is 23.4 Å². The van der Waals surface area contributed by atoms with Gasteiger partial charge in [0.1, 0.15) is 14.1 Å². The summed E-state index contributed by atoms with van der Waals surface area (Å²) in [5, 5.41) is 0. The Morgan fingerprint density at radius 3 is 2.06 bits per heavy atom. The first kappa shape index (κ1) is 13.0. The van der Waals surface area contributed by atoms with E-state index < -0.39 is 5.54 Å². The second-order valence-electron chi connectivity index (χ2n) is 4.80. The molecule has 0 bridgehead atoms. The average Bonchev–Trinajstić information content (AvgIpc) is 2.25. The number of nitrogens with two attached hydrogens (primary N) is 4. The number of hydrogen-bond acceptors (Lipinski definition) is 4. The van der Waals surface area contributed by atoms with Gasteiger partial charge < -0.3 is 0 Å². The van der Waals surface area contributed by atoms with Crippen LogP contribution in [-0.2, 0) is 0 Å². The van der Waals surface area contributed by atoms with Crippen molar-refractivity contribution in [2.45, 2.75) is 12.5 Å². The predicted molar refractivity (Wildman–Crippen MR) is 63.9 cm³/mol. The Hall–Kier alpha value is -1.02. The fraction of sp³-hybridized carbons (Fsp3) is 0.400. The first-order valence-corrected chi connectivity index (χ1v) is 5.03. The molecule has 0 aliphatic heterocycles. The maximum atomic E-state index is 5.89. The number of hydrogen-bond donors (Lipinski definition) is 4. The summed E-state index contributed by atoms with van der Waals surface area (Å²) in [5.41, 5.74) is 0.279. The van der Waals surface area contributed by atoms with Crippen molar-refractivity contribution in [3.63, 3.8) is 0 Å². The Morgan fingerprint density at radius 2 is 1.62 bits per heavy atom. The van der Waals surface area contributed by atoms with Crippen LogP contribution in [0.25, 0.3) is 0 Å². The van der Waals surface area contributed by atoms with Gasteiger partial charge in [-0.1, -0.05) is 6.08 Å². The summed E-state index contributed by atoms with van der Waals surface area (Å²) in [6, 6.07) is 0. The molecule has 0 heterocycles. The van der Waals surface area contributed by atoms with Gasteiger partial charge in [-0.05, 0) is 12.2 Å². The lowest BCUT2D eigenvalue weighted by atomic mass is 10.0. The highest BCUT2D eigenvalue weighted by molar-refractivity contribution is 5.29. The normalized spacial score (nSPS) is 26.6. The van der Waals surface area contributed by atoms with Crippen LogP contribution in [0.1, 0.15) is 6.92 Å². The molecule has 0 saturated heterocycles. The van der Waals surface area contributed by atoms with Gasteiger partial charge in [-0.25, -0.2) is 0 Å². The summed E-state index contributed by atoms with van der Waals surface area (Å²) in [5.74, 6) is 23.3. The molecule has 1 aliphatic rings. The topological polar surface area (TPSA) is 104 Å².